The predicted molar refractivity (Wildman–Crippen MR) is 117 cm³/mol. The molecule has 8 heteroatoms. The molecule has 1 aliphatic rings. The summed E-state index contributed by atoms with van der Waals surface area (Å²) in [7, 11) is 0. The minimum absolute atomic E-state index is 0.161. The van der Waals surface area contributed by atoms with Gasteiger partial charge in [0, 0.05) is 37.3 Å². The van der Waals surface area contributed by atoms with Crippen LogP contribution in [0.15, 0.2) is 48.5 Å². The number of carbonyl (C=O) groups is 3. The molecule has 4 rings (SSSR count). The second kappa shape index (κ2) is 9.04. The molecule has 30 heavy (non-hydrogen) atoms. The third-order valence-electron chi connectivity index (χ3n) is 4.95. The van der Waals surface area contributed by atoms with Crippen LogP contribution in [-0.2, 0) is 14.4 Å². The van der Waals surface area contributed by atoms with Crippen LogP contribution in [0.1, 0.15) is 19.3 Å². The molecule has 0 bridgehead atoms. The van der Waals surface area contributed by atoms with Gasteiger partial charge in [0.05, 0.1) is 10.2 Å². The van der Waals surface area contributed by atoms with Crippen molar-refractivity contribution in [3.8, 4) is 10.6 Å². The number of nitrogens with zero attached hydrogens (tertiary/aromatic N) is 2. The van der Waals surface area contributed by atoms with E-state index in [0.29, 0.717) is 31.6 Å². The standard InChI is InChI=1S/C22H22N4O3S/c27-19-7-3-13-26(19)14-4-12-23-20(28)21(29)24-16-10-8-15(9-11-16)22-25-17-5-1-2-6-18(17)30-22/h1-2,5-6,8-11H,3-4,7,12-14H2,(H,23,28)(H,24,29). The lowest BCUT2D eigenvalue weighted by atomic mass is 10.2. The minimum atomic E-state index is -0.708. The van der Waals surface area contributed by atoms with E-state index in [1.165, 1.54) is 0 Å². The second-order valence-corrected chi connectivity index (χ2v) is 8.14. The Balaban J connectivity index is 1.26. The number of hydrogen-bond acceptors (Lipinski definition) is 5. The molecule has 0 saturated carbocycles. The number of thiazole rings is 1. The zero-order valence-electron chi connectivity index (χ0n) is 16.4. The molecule has 3 aromatic rings. The summed E-state index contributed by atoms with van der Waals surface area (Å²) in [4.78, 5) is 42.0. The van der Waals surface area contributed by atoms with Crippen LogP contribution in [0, 0.1) is 0 Å². The number of benzene rings is 2. The maximum Gasteiger partial charge on any atom is 0.313 e. The molecular formula is C22H22N4O3S. The predicted octanol–water partition coefficient (Wildman–Crippen LogP) is 3.03. The minimum Gasteiger partial charge on any atom is -0.348 e. The first kappa shape index (κ1) is 20.0. The van der Waals surface area contributed by atoms with Gasteiger partial charge in [-0.15, -0.1) is 11.3 Å². The fraction of sp³-hybridized carbons (Fsp3) is 0.273. The lowest BCUT2D eigenvalue weighted by Gasteiger charge is -2.15. The van der Waals surface area contributed by atoms with Gasteiger partial charge in [0.2, 0.25) is 5.91 Å². The van der Waals surface area contributed by atoms with Gasteiger partial charge in [0.25, 0.3) is 0 Å². The number of hydrogen-bond donors (Lipinski definition) is 2. The maximum absolute atomic E-state index is 12.1. The quantitative estimate of drug-likeness (QED) is 0.472. The van der Waals surface area contributed by atoms with Crippen LogP contribution >= 0.6 is 11.3 Å². The molecule has 1 saturated heterocycles. The first-order valence-electron chi connectivity index (χ1n) is 9.93. The van der Waals surface area contributed by atoms with Crippen molar-refractivity contribution in [2.75, 3.05) is 25.0 Å². The largest absolute Gasteiger partial charge is 0.348 e. The summed E-state index contributed by atoms with van der Waals surface area (Å²) in [5.74, 6) is -1.23. The second-order valence-electron chi connectivity index (χ2n) is 7.11. The van der Waals surface area contributed by atoms with E-state index in [1.807, 2.05) is 36.4 Å². The molecule has 0 atom stereocenters. The summed E-state index contributed by atoms with van der Waals surface area (Å²) in [6.45, 7) is 1.74. The van der Waals surface area contributed by atoms with Crippen LogP contribution in [0.5, 0.6) is 0 Å². The van der Waals surface area contributed by atoms with Crippen LogP contribution in [0.25, 0.3) is 20.8 Å². The number of likely N-dealkylation sites (tertiary alicyclic amines) is 1. The Hall–Kier alpha value is -3.26. The van der Waals surface area contributed by atoms with E-state index in [2.05, 4.69) is 15.6 Å². The Morgan fingerprint density at radius 2 is 1.87 bits per heavy atom. The van der Waals surface area contributed by atoms with Crippen molar-refractivity contribution >= 4 is 45.0 Å². The number of fused-ring (bicyclic) bond motifs is 1. The van der Waals surface area contributed by atoms with Crippen molar-refractivity contribution in [2.24, 2.45) is 0 Å². The summed E-state index contributed by atoms with van der Waals surface area (Å²) >= 11 is 1.61. The van der Waals surface area contributed by atoms with Gasteiger partial charge in [0.1, 0.15) is 5.01 Å². The van der Waals surface area contributed by atoms with Crippen LogP contribution < -0.4 is 10.6 Å². The Morgan fingerprint density at radius 1 is 1.07 bits per heavy atom. The molecule has 2 heterocycles. The molecular weight excluding hydrogens is 400 g/mol. The van der Waals surface area contributed by atoms with E-state index >= 15 is 0 Å². The number of amides is 3. The number of nitrogens with one attached hydrogen (secondary N) is 2. The third kappa shape index (κ3) is 4.65. The van der Waals surface area contributed by atoms with Crippen molar-refractivity contribution in [3.63, 3.8) is 0 Å². The lowest BCUT2D eigenvalue weighted by Crippen LogP contribution is -2.37. The molecule has 0 spiro atoms. The third-order valence-corrected chi connectivity index (χ3v) is 6.04. The van der Waals surface area contributed by atoms with Crippen molar-refractivity contribution in [1.29, 1.82) is 0 Å². The first-order chi connectivity index (χ1) is 14.6. The van der Waals surface area contributed by atoms with E-state index in [1.54, 1.807) is 28.4 Å². The van der Waals surface area contributed by atoms with Gasteiger partial charge in [-0.1, -0.05) is 12.1 Å². The van der Waals surface area contributed by atoms with Crippen LogP contribution in [0.2, 0.25) is 0 Å². The summed E-state index contributed by atoms with van der Waals surface area (Å²) in [6.07, 6.45) is 2.12. The topological polar surface area (TPSA) is 91.4 Å². The van der Waals surface area contributed by atoms with E-state index in [0.717, 1.165) is 33.8 Å². The van der Waals surface area contributed by atoms with Crippen LogP contribution in [0.4, 0.5) is 5.69 Å². The Morgan fingerprint density at radius 3 is 2.60 bits per heavy atom. The van der Waals surface area contributed by atoms with Gasteiger partial charge in [-0.3, -0.25) is 14.4 Å². The van der Waals surface area contributed by atoms with Crippen molar-refractivity contribution in [2.45, 2.75) is 19.3 Å². The Kier molecular flexibility index (Phi) is 6.04. The van der Waals surface area contributed by atoms with E-state index in [9.17, 15) is 14.4 Å². The normalized spacial score (nSPS) is 13.6. The molecule has 2 N–H and O–H groups in total. The fourth-order valence-corrected chi connectivity index (χ4v) is 4.34. The maximum atomic E-state index is 12.1. The number of para-hydroxylation sites is 1. The zero-order chi connectivity index (χ0) is 20.9. The summed E-state index contributed by atoms with van der Waals surface area (Å²) < 4.78 is 1.12. The van der Waals surface area contributed by atoms with Crippen molar-refractivity contribution in [1.82, 2.24) is 15.2 Å². The number of rotatable bonds is 6. The van der Waals surface area contributed by atoms with Gasteiger partial charge < -0.3 is 15.5 Å². The van der Waals surface area contributed by atoms with E-state index in [-0.39, 0.29) is 5.91 Å². The molecule has 7 nitrogen and oxygen atoms in total. The summed E-state index contributed by atoms with van der Waals surface area (Å²) in [5, 5.41) is 6.11. The highest BCUT2D eigenvalue weighted by Gasteiger charge is 2.19. The van der Waals surface area contributed by atoms with E-state index in [4.69, 9.17) is 0 Å². The van der Waals surface area contributed by atoms with Crippen molar-refractivity contribution in [3.05, 3.63) is 48.5 Å². The van der Waals surface area contributed by atoms with Gasteiger partial charge in [-0.25, -0.2) is 4.98 Å². The molecule has 154 valence electrons. The first-order valence-corrected chi connectivity index (χ1v) is 10.7. The van der Waals surface area contributed by atoms with Crippen LogP contribution in [0.3, 0.4) is 0 Å². The molecule has 3 amide bonds. The number of aromatic nitrogens is 1. The zero-order valence-corrected chi connectivity index (χ0v) is 17.2. The number of anilines is 1. The molecule has 0 radical (unpaired) electrons. The smallest absolute Gasteiger partial charge is 0.313 e. The van der Waals surface area contributed by atoms with Gasteiger partial charge in [0.15, 0.2) is 0 Å². The SMILES string of the molecule is O=C(NCCCN1CCCC1=O)C(=O)Nc1ccc(-c2nc3ccccc3s2)cc1. The highest BCUT2D eigenvalue weighted by Crippen LogP contribution is 2.30. The Bertz CT molecular complexity index is 1040. The molecule has 0 unspecified atom stereocenters. The number of carbonyl (C=O) groups excluding carboxylic acids is 3. The molecule has 1 fully saturated rings. The highest BCUT2D eigenvalue weighted by atomic mass is 32.1. The van der Waals surface area contributed by atoms with Crippen LogP contribution in [-0.4, -0.2) is 47.2 Å². The Labute approximate surface area is 178 Å². The fourth-order valence-electron chi connectivity index (χ4n) is 3.37. The van der Waals surface area contributed by atoms with E-state index < -0.39 is 11.8 Å². The molecule has 0 aliphatic carbocycles. The summed E-state index contributed by atoms with van der Waals surface area (Å²) in [6, 6.07) is 15.2. The molecule has 2 aromatic carbocycles. The lowest BCUT2D eigenvalue weighted by molar-refractivity contribution is -0.136. The molecule has 1 aliphatic heterocycles. The van der Waals surface area contributed by atoms with Gasteiger partial charge in [-0.05, 0) is 49.2 Å². The van der Waals surface area contributed by atoms with Crippen molar-refractivity contribution < 1.29 is 14.4 Å². The van der Waals surface area contributed by atoms with Gasteiger partial charge in [-0.2, -0.15) is 0 Å². The molecule has 1 aromatic heterocycles. The average molecular weight is 423 g/mol. The summed E-state index contributed by atoms with van der Waals surface area (Å²) in [5.41, 5.74) is 2.46. The average Bonchev–Trinajstić information content (AvgIpc) is 3.37. The highest BCUT2D eigenvalue weighted by molar-refractivity contribution is 7.21. The van der Waals surface area contributed by atoms with Gasteiger partial charge >= 0.3 is 11.8 Å². The monoisotopic (exact) mass is 422 g/mol.